The number of thiol groups is 1. The van der Waals surface area contributed by atoms with Crippen LogP contribution in [0.1, 0.15) is 0 Å². The van der Waals surface area contributed by atoms with Crippen molar-refractivity contribution in [3.05, 3.63) is 0 Å². The number of hydrogen-bond donors (Lipinski definition) is 1. The molecule has 1 unspecified atom stereocenters. The van der Waals surface area contributed by atoms with Crippen LogP contribution < -0.4 is 0 Å². The first kappa shape index (κ1) is 8.89. The second kappa shape index (κ2) is 6.02. The predicted octanol–water partition coefficient (Wildman–Crippen LogP) is 1.74. The molecule has 0 saturated carbocycles. The Labute approximate surface area is 64.7 Å². The van der Waals surface area contributed by atoms with Crippen LogP contribution in [0.3, 0.4) is 0 Å². The molecule has 0 heterocycles. The van der Waals surface area contributed by atoms with E-state index in [0.29, 0.717) is 18.4 Å². The molecule has 1 atom stereocenters. The molecule has 0 aliphatic rings. The van der Waals surface area contributed by atoms with Crippen LogP contribution in [0.25, 0.3) is 0 Å². The highest BCUT2D eigenvalue weighted by Crippen LogP contribution is 1.99. The van der Waals surface area contributed by atoms with Crippen molar-refractivity contribution in [2.24, 2.45) is 0 Å². The monoisotopic (exact) mass is 174 g/mol. The highest BCUT2D eigenvalue weighted by atomic mass is 35.5. The third-order valence-electron chi connectivity index (χ3n) is 0.519. The van der Waals surface area contributed by atoms with Gasteiger partial charge in [-0.3, -0.25) is 0 Å². The summed E-state index contributed by atoms with van der Waals surface area (Å²) in [6.07, 6.45) is 0. The van der Waals surface area contributed by atoms with Gasteiger partial charge in [-0.25, -0.2) is 0 Å². The van der Waals surface area contributed by atoms with Crippen LogP contribution in [0.2, 0.25) is 0 Å². The van der Waals surface area contributed by atoms with Crippen LogP contribution in [0.15, 0.2) is 0 Å². The van der Waals surface area contributed by atoms with E-state index in [1.165, 1.54) is 0 Å². The van der Waals surface area contributed by atoms with Gasteiger partial charge < -0.3 is 4.74 Å². The van der Waals surface area contributed by atoms with Gasteiger partial charge in [0, 0.05) is 5.88 Å². The summed E-state index contributed by atoms with van der Waals surface area (Å²) in [6, 6.07) is 0. The molecule has 0 aliphatic heterocycles. The summed E-state index contributed by atoms with van der Waals surface area (Å²) in [6.45, 7) is 0.516. The topological polar surface area (TPSA) is 9.23 Å². The first-order valence-electron chi connectivity index (χ1n) is 2.23. The molecule has 50 valence electrons. The van der Waals surface area contributed by atoms with E-state index in [2.05, 4.69) is 12.6 Å². The molecule has 0 aromatic rings. The van der Waals surface area contributed by atoms with E-state index in [4.69, 9.17) is 27.9 Å². The van der Waals surface area contributed by atoms with Gasteiger partial charge in [-0.1, -0.05) is 0 Å². The van der Waals surface area contributed by atoms with E-state index in [1.54, 1.807) is 0 Å². The molecular formula is C4H8Cl2OS. The van der Waals surface area contributed by atoms with E-state index >= 15 is 0 Å². The Hall–Kier alpha value is 0.890. The largest absolute Gasteiger partial charge is 0.365 e. The average molecular weight is 175 g/mol. The van der Waals surface area contributed by atoms with E-state index in [9.17, 15) is 0 Å². The van der Waals surface area contributed by atoms with Crippen molar-refractivity contribution >= 4 is 35.8 Å². The smallest absolute Gasteiger partial charge is 0.114 e. The Morgan fingerprint density at radius 2 is 2.12 bits per heavy atom. The normalized spacial score (nSPS) is 13.9. The van der Waals surface area contributed by atoms with Gasteiger partial charge in [-0.05, 0) is 0 Å². The summed E-state index contributed by atoms with van der Waals surface area (Å²) in [4.78, 5) is 0. The maximum absolute atomic E-state index is 5.34. The Morgan fingerprint density at radius 1 is 1.50 bits per heavy atom. The second-order valence-electron chi connectivity index (χ2n) is 1.17. The lowest BCUT2D eigenvalue weighted by Crippen LogP contribution is -2.08. The first-order chi connectivity index (χ1) is 3.81. The molecular weight excluding hydrogens is 167 g/mol. The number of rotatable bonds is 4. The lowest BCUT2D eigenvalue weighted by molar-refractivity contribution is 0.142. The van der Waals surface area contributed by atoms with Gasteiger partial charge in [-0.15, -0.1) is 35.8 Å². The van der Waals surface area contributed by atoms with Gasteiger partial charge in [0.05, 0.1) is 12.5 Å². The standard InChI is InChI=1S/C4H8Cl2OS/c5-1-2-7-4(8)3-6/h4,8H,1-3H2. The van der Waals surface area contributed by atoms with E-state index in [0.717, 1.165) is 0 Å². The maximum atomic E-state index is 5.34. The van der Waals surface area contributed by atoms with E-state index < -0.39 is 0 Å². The number of hydrogen-bond acceptors (Lipinski definition) is 2. The summed E-state index contributed by atoms with van der Waals surface area (Å²) in [5.74, 6) is 0.897. The Bertz CT molecular complexity index is 53.3. The highest BCUT2D eigenvalue weighted by Gasteiger charge is 1.96. The lowest BCUT2D eigenvalue weighted by atomic mass is 10.8. The fourth-order valence-electron chi connectivity index (χ4n) is 0.225. The number of alkyl halides is 2. The molecule has 0 N–H and O–H groups in total. The molecule has 8 heavy (non-hydrogen) atoms. The fourth-order valence-corrected chi connectivity index (χ4v) is 0.509. The van der Waals surface area contributed by atoms with Crippen molar-refractivity contribution in [1.29, 1.82) is 0 Å². The molecule has 0 bridgehead atoms. The summed E-state index contributed by atoms with van der Waals surface area (Å²) in [5, 5.41) is 0. The molecule has 0 saturated heterocycles. The van der Waals surface area contributed by atoms with Gasteiger partial charge in [-0.2, -0.15) is 0 Å². The van der Waals surface area contributed by atoms with Crippen LogP contribution >= 0.6 is 35.8 Å². The first-order valence-corrected chi connectivity index (χ1v) is 3.81. The molecule has 0 radical (unpaired) electrons. The van der Waals surface area contributed by atoms with Crippen LogP contribution in [-0.2, 0) is 4.74 Å². The summed E-state index contributed by atoms with van der Waals surface area (Å²) < 4.78 is 4.94. The van der Waals surface area contributed by atoms with Gasteiger partial charge >= 0.3 is 0 Å². The third-order valence-corrected chi connectivity index (χ3v) is 1.50. The minimum absolute atomic E-state index is 0.171. The molecule has 0 fully saturated rings. The quantitative estimate of drug-likeness (QED) is 0.389. The van der Waals surface area contributed by atoms with Crippen molar-refractivity contribution in [3.63, 3.8) is 0 Å². The van der Waals surface area contributed by atoms with Crippen molar-refractivity contribution in [3.8, 4) is 0 Å². The number of ether oxygens (including phenoxy) is 1. The molecule has 0 aromatic heterocycles. The van der Waals surface area contributed by atoms with Gasteiger partial charge in [0.1, 0.15) is 5.44 Å². The molecule has 1 nitrogen and oxygen atoms in total. The molecule has 0 rings (SSSR count). The lowest BCUT2D eigenvalue weighted by Gasteiger charge is -2.04. The minimum Gasteiger partial charge on any atom is -0.365 e. The van der Waals surface area contributed by atoms with Crippen molar-refractivity contribution in [2.75, 3.05) is 18.4 Å². The second-order valence-corrected chi connectivity index (χ2v) is 2.43. The van der Waals surface area contributed by atoms with Crippen LogP contribution in [-0.4, -0.2) is 23.8 Å². The molecule has 0 amide bonds. The molecule has 0 aromatic carbocycles. The van der Waals surface area contributed by atoms with Gasteiger partial charge in [0.15, 0.2) is 0 Å². The highest BCUT2D eigenvalue weighted by molar-refractivity contribution is 7.80. The van der Waals surface area contributed by atoms with Crippen molar-refractivity contribution < 1.29 is 4.74 Å². The van der Waals surface area contributed by atoms with E-state index in [-0.39, 0.29) is 5.44 Å². The van der Waals surface area contributed by atoms with Crippen molar-refractivity contribution in [2.45, 2.75) is 5.44 Å². The van der Waals surface area contributed by atoms with Gasteiger partial charge in [0.2, 0.25) is 0 Å². The third kappa shape index (κ3) is 5.04. The minimum atomic E-state index is -0.171. The zero-order valence-electron chi connectivity index (χ0n) is 4.31. The maximum Gasteiger partial charge on any atom is 0.114 e. The van der Waals surface area contributed by atoms with Gasteiger partial charge in [0.25, 0.3) is 0 Å². The number of halogens is 2. The summed E-state index contributed by atoms with van der Waals surface area (Å²) in [5.41, 5.74) is -0.171. The SMILES string of the molecule is SC(CCl)OCCCl. The van der Waals surface area contributed by atoms with Crippen LogP contribution in [0.4, 0.5) is 0 Å². The van der Waals surface area contributed by atoms with Crippen molar-refractivity contribution in [1.82, 2.24) is 0 Å². The Kier molecular flexibility index (Phi) is 6.69. The molecule has 0 spiro atoms. The van der Waals surface area contributed by atoms with Crippen LogP contribution in [0.5, 0.6) is 0 Å². The van der Waals surface area contributed by atoms with Crippen LogP contribution in [0, 0.1) is 0 Å². The summed E-state index contributed by atoms with van der Waals surface area (Å²) in [7, 11) is 0. The fraction of sp³-hybridized carbons (Fsp3) is 1.00. The van der Waals surface area contributed by atoms with E-state index in [1.807, 2.05) is 0 Å². The predicted molar refractivity (Wildman–Crippen MR) is 40.2 cm³/mol. The molecule has 4 heteroatoms. The Morgan fingerprint density at radius 3 is 2.50 bits per heavy atom. The zero-order chi connectivity index (χ0) is 6.41. The summed E-state index contributed by atoms with van der Waals surface area (Å²) >= 11 is 14.6. The Balaban J connectivity index is 2.86. The zero-order valence-corrected chi connectivity index (χ0v) is 6.72. The molecule has 0 aliphatic carbocycles. The average Bonchev–Trinajstić information content (AvgIpc) is 1.83.